The Morgan fingerprint density at radius 1 is 1.27 bits per heavy atom. The number of amides is 1. The summed E-state index contributed by atoms with van der Waals surface area (Å²) in [4.78, 5) is 24.9. The predicted octanol–water partition coefficient (Wildman–Crippen LogP) is 1.61. The number of rotatable bonds is 8. The Labute approximate surface area is 193 Å². The first-order valence-corrected chi connectivity index (χ1v) is 11.5. The molecule has 0 aromatic carbocycles. The second kappa shape index (κ2) is 11.1. The first-order chi connectivity index (χ1) is 16.1. The third-order valence-corrected chi connectivity index (χ3v) is 6.02. The van der Waals surface area contributed by atoms with Gasteiger partial charge in [0.1, 0.15) is 24.1 Å². The molecular weight excluding hydrogens is 422 g/mol. The van der Waals surface area contributed by atoms with Crippen LogP contribution in [0.25, 0.3) is 0 Å². The van der Waals surface area contributed by atoms with Crippen LogP contribution in [0, 0.1) is 11.3 Å². The lowest BCUT2D eigenvalue weighted by Crippen LogP contribution is -2.34. The van der Waals surface area contributed by atoms with E-state index in [0.29, 0.717) is 43.1 Å². The van der Waals surface area contributed by atoms with Crippen molar-refractivity contribution in [2.24, 2.45) is 0 Å². The number of nitrogens with zero attached hydrogens (tertiary/aromatic N) is 7. The van der Waals surface area contributed by atoms with Gasteiger partial charge in [-0.15, -0.1) is 0 Å². The van der Waals surface area contributed by atoms with Crippen molar-refractivity contribution in [1.82, 2.24) is 29.5 Å². The third kappa shape index (κ3) is 6.18. The van der Waals surface area contributed by atoms with Crippen LogP contribution in [0.2, 0.25) is 0 Å². The zero-order chi connectivity index (χ0) is 23.0. The minimum atomic E-state index is 0.0273. The fraction of sp³-hybridized carbons (Fsp3) is 0.591. The molecule has 11 nitrogen and oxygen atoms in total. The second-order valence-electron chi connectivity index (χ2n) is 8.50. The van der Waals surface area contributed by atoms with Crippen LogP contribution < -0.4 is 10.6 Å². The summed E-state index contributed by atoms with van der Waals surface area (Å²) >= 11 is 0. The van der Waals surface area contributed by atoms with E-state index in [-0.39, 0.29) is 12.5 Å². The molecule has 176 valence electrons. The van der Waals surface area contributed by atoms with Gasteiger partial charge < -0.3 is 25.2 Å². The van der Waals surface area contributed by atoms with Crippen LogP contribution in [0.1, 0.15) is 37.3 Å². The van der Waals surface area contributed by atoms with Gasteiger partial charge in [0.2, 0.25) is 11.9 Å². The molecule has 2 aromatic heterocycles. The second-order valence-corrected chi connectivity index (χ2v) is 8.50. The van der Waals surface area contributed by atoms with Crippen molar-refractivity contribution in [2.45, 2.75) is 31.7 Å². The summed E-state index contributed by atoms with van der Waals surface area (Å²) in [5.74, 6) is 0.905. The number of piperidine rings is 1. The average Bonchev–Trinajstić information content (AvgIpc) is 3.19. The van der Waals surface area contributed by atoms with Crippen LogP contribution in [0.15, 0.2) is 18.6 Å². The largest absolute Gasteiger partial charge is 0.372 e. The summed E-state index contributed by atoms with van der Waals surface area (Å²) in [7, 11) is 2.14. The van der Waals surface area contributed by atoms with Gasteiger partial charge in [0.25, 0.3) is 0 Å². The summed E-state index contributed by atoms with van der Waals surface area (Å²) in [5.41, 5.74) is 1.19. The van der Waals surface area contributed by atoms with Gasteiger partial charge in [0.05, 0.1) is 24.1 Å². The molecule has 0 bridgehead atoms. The van der Waals surface area contributed by atoms with Gasteiger partial charge in [0.15, 0.2) is 0 Å². The number of likely N-dealkylation sites (tertiary alicyclic amines) is 1. The van der Waals surface area contributed by atoms with E-state index in [2.05, 4.69) is 43.7 Å². The summed E-state index contributed by atoms with van der Waals surface area (Å²) in [5, 5.41) is 20.3. The molecule has 0 atom stereocenters. The van der Waals surface area contributed by atoms with E-state index in [0.717, 1.165) is 51.0 Å². The Morgan fingerprint density at radius 3 is 2.94 bits per heavy atom. The Kier molecular flexibility index (Phi) is 7.70. The maximum Gasteiger partial charge on any atom is 0.248 e. The van der Waals surface area contributed by atoms with E-state index < -0.39 is 0 Å². The van der Waals surface area contributed by atoms with E-state index in [1.807, 2.05) is 15.8 Å². The van der Waals surface area contributed by atoms with Crippen LogP contribution in [0.3, 0.4) is 0 Å². The maximum atomic E-state index is 12.0. The number of aromatic nitrogens is 4. The highest BCUT2D eigenvalue weighted by Crippen LogP contribution is 2.23. The highest BCUT2D eigenvalue weighted by Gasteiger charge is 2.19. The fourth-order valence-corrected chi connectivity index (χ4v) is 4.10. The number of hydrogen-bond acceptors (Lipinski definition) is 9. The lowest BCUT2D eigenvalue weighted by Gasteiger charge is -2.28. The molecule has 1 amide bonds. The molecule has 4 rings (SSSR count). The number of anilines is 3. The Morgan fingerprint density at radius 2 is 2.12 bits per heavy atom. The van der Waals surface area contributed by atoms with Crippen LogP contribution in [-0.2, 0) is 9.53 Å². The van der Waals surface area contributed by atoms with Crippen molar-refractivity contribution in [2.75, 3.05) is 63.6 Å². The lowest BCUT2D eigenvalue weighted by atomic mass is 10.1. The first kappa shape index (κ1) is 22.9. The number of carbonyl (C=O) groups excluding carboxylic acids is 1. The molecule has 2 aliphatic heterocycles. The molecule has 0 unspecified atom stereocenters. The van der Waals surface area contributed by atoms with Gasteiger partial charge in [0, 0.05) is 32.4 Å². The van der Waals surface area contributed by atoms with Gasteiger partial charge >= 0.3 is 0 Å². The van der Waals surface area contributed by atoms with Gasteiger partial charge in [-0.2, -0.15) is 15.3 Å². The zero-order valence-corrected chi connectivity index (χ0v) is 19.0. The SMILES string of the molecule is CN1CCC(n2cc(Nc3ncc(C#N)c(NCCCN4CCCOCC4=O)n3)cn2)CC1. The third-order valence-electron chi connectivity index (χ3n) is 6.02. The molecule has 2 N–H and O–H groups in total. The fourth-order valence-electron chi connectivity index (χ4n) is 4.10. The highest BCUT2D eigenvalue weighted by atomic mass is 16.5. The van der Waals surface area contributed by atoms with Crippen molar-refractivity contribution in [3.63, 3.8) is 0 Å². The molecule has 2 saturated heterocycles. The summed E-state index contributed by atoms with van der Waals surface area (Å²) in [6, 6.07) is 2.53. The minimum Gasteiger partial charge on any atom is -0.372 e. The molecule has 2 aromatic rings. The summed E-state index contributed by atoms with van der Waals surface area (Å²) in [6.45, 7) is 4.87. The molecule has 0 aliphatic carbocycles. The lowest BCUT2D eigenvalue weighted by molar-refractivity contribution is -0.133. The van der Waals surface area contributed by atoms with Crippen LogP contribution in [0.5, 0.6) is 0 Å². The van der Waals surface area contributed by atoms with Crippen LogP contribution >= 0.6 is 0 Å². The maximum absolute atomic E-state index is 12.0. The minimum absolute atomic E-state index is 0.0273. The predicted molar refractivity (Wildman–Crippen MR) is 123 cm³/mol. The quantitative estimate of drug-likeness (QED) is 0.574. The molecule has 4 heterocycles. The standard InChI is InChI=1S/C22H31N9O2/c1-29-9-4-19(5-10-29)31-15-18(14-26-31)27-22-25-13-17(12-23)21(28-22)24-6-2-7-30-8-3-11-33-16-20(30)32/h13-15,19H,2-11,16H2,1H3,(H2,24,25,27,28). The number of nitriles is 1. The molecule has 0 saturated carbocycles. The van der Waals surface area contributed by atoms with Gasteiger partial charge in [-0.05, 0) is 45.8 Å². The van der Waals surface area contributed by atoms with E-state index in [1.165, 1.54) is 6.20 Å². The van der Waals surface area contributed by atoms with E-state index in [1.54, 1.807) is 6.20 Å². The number of hydrogen-bond donors (Lipinski definition) is 2. The number of ether oxygens (including phenoxy) is 1. The van der Waals surface area contributed by atoms with Crippen molar-refractivity contribution in [1.29, 1.82) is 5.26 Å². The molecule has 0 spiro atoms. The zero-order valence-electron chi connectivity index (χ0n) is 19.0. The Bertz CT molecular complexity index is 978. The summed E-state index contributed by atoms with van der Waals surface area (Å²) < 4.78 is 7.28. The molecule has 11 heteroatoms. The molecule has 2 fully saturated rings. The van der Waals surface area contributed by atoms with Crippen molar-refractivity contribution in [3.05, 3.63) is 24.2 Å². The molecule has 0 radical (unpaired) electrons. The monoisotopic (exact) mass is 453 g/mol. The summed E-state index contributed by atoms with van der Waals surface area (Å²) in [6.07, 6.45) is 9.01. The van der Waals surface area contributed by atoms with E-state index in [4.69, 9.17) is 4.74 Å². The van der Waals surface area contributed by atoms with Crippen molar-refractivity contribution >= 4 is 23.4 Å². The highest BCUT2D eigenvalue weighted by molar-refractivity contribution is 5.77. The Hall–Kier alpha value is -3.23. The van der Waals surface area contributed by atoms with Gasteiger partial charge in [-0.1, -0.05) is 0 Å². The molecule has 2 aliphatic rings. The van der Waals surface area contributed by atoms with Crippen molar-refractivity contribution in [3.8, 4) is 6.07 Å². The molecular formula is C22H31N9O2. The average molecular weight is 454 g/mol. The first-order valence-electron chi connectivity index (χ1n) is 11.5. The van der Waals surface area contributed by atoms with E-state index >= 15 is 0 Å². The number of carbonyl (C=O) groups is 1. The Balaban J connectivity index is 1.32. The smallest absolute Gasteiger partial charge is 0.248 e. The topological polar surface area (TPSA) is 124 Å². The normalized spacial score (nSPS) is 18.1. The van der Waals surface area contributed by atoms with Crippen LogP contribution in [0.4, 0.5) is 17.5 Å². The van der Waals surface area contributed by atoms with Crippen LogP contribution in [-0.4, -0.2) is 88.4 Å². The number of nitrogens with one attached hydrogen (secondary N) is 2. The molecule has 33 heavy (non-hydrogen) atoms. The van der Waals surface area contributed by atoms with E-state index in [9.17, 15) is 10.1 Å². The van der Waals surface area contributed by atoms with Gasteiger partial charge in [-0.25, -0.2) is 4.98 Å². The van der Waals surface area contributed by atoms with Gasteiger partial charge in [-0.3, -0.25) is 9.48 Å². The van der Waals surface area contributed by atoms with Crippen molar-refractivity contribution < 1.29 is 9.53 Å².